The fourth-order valence-corrected chi connectivity index (χ4v) is 5.39. The Kier molecular flexibility index (Phi) is 7.47. The van der Waals surface area contributed by atoms with E-state index >= 15 is 0 Å². The van der Waals surface area contributed by atoms with Crippen LogP contribution < -0.4 is 5.32 Å². The summed E-state index contributed by atoms with van der Waals surface area (Å²) in [6.45, 7) is 3.17. The molecule has 1 atom stereocenters. The van der Waals surface area contributed by atoms with Crippen LogP contribution in [0.2, 0.25) is 0 Å². The van der Waals surface area contributed by atoms with Crippen LogP contribution in [0.1, 0.15) is 22.0 Å². The predicted octanol–water partition coefficient (Wildman–Crippen LogP) is 4.29. The molecular formula is C24H29N5OS2. The number of thiophene rings is 1. The van der Waals surface area contributed by atoms with Crippen LogP contribution in [-0.2, 0) is 17.7 Å². The number of rotatable bonds is 8. The summed E-state index contributed by atoms with van der Waals surface area (Å²) in [5.74, 6) is 0.875. The van der Waals surface area contributed by atoms with Crippen LogP contribution in [-0.4, -0.2) is 65.7 Å². The molecule has 2 aromatic heterocycles. The van der Waals surface area contributed by atoms with Crippen molar-refractivity contribution < 1.29 is 4.74 Å². The van der Waals surface area contributed by atoms with Gasteiger partial charge in [-0.1, -0.05) is 48.6 Å². The lowest BCUT2D eigenvalue weighted by Crippen LogP contribution is -2.33. The number of likely N-dealkylation sites (N-methyl/N-ethyl adjacent to an activating group) is 1. The molecule has 0 radical (unpaired) electrons. The summed E-state index contributed by atoms with van der Waals surface area (Å²) in [6.07, 6.45) is 6.75. The van der Waals surface area contributed by atoms with Crippen LogP contribution in [0.5, 0.6) is 0 Å². The van der Waals surface area contributed by atoms with Crippen molar-refractivity contribution in [1.82, 2.24) is 19.8 Å². The quantitative estimate of drug-likeness (QED) is 0.392. The number of nitrogens with one attached hydrogen (secondary N) is 1. The molecule has 0 saturated carbocycles. The van der Waals surface area contributed by atoms with E-state index < -0.39 is 0 Å². The van der Waals surface area contributed by atoms with Crippen LogP contribution in [0, 0.1) is 0 Å². The zero-order chi connectivity index (χ0) is 22.5. The van der Waals surface area contributed by atoms with Crippen molar-refractivity contribution >= 4 is 44.6 Å². The van der Waals surface area contributed by atoms with Crippen molar-refractivity contribution in [1.29, 1.82) is 0 Å². The fraction of sp³-hybridized carbons (Fsp3) is 0.375. The standard InChI is InChI=1S/C24H29N5OS2/c1-28(2)12-7-10-21(31)29-13-11-18-20(14-29)32-24-22(18)23(25-16-26-24)27-19(15-30-3)17-8-5-4-6-9-17/h4-10,16,19H,11-15H2,1-3H3,(H,25,26,27)/b10-7+/t19-/m1/s1. The normalized spacial score (nSPS) is 14.8. The van der Waals surface area contributed by atoms with Crippen molar-refractivity contribution in [3.63, 3.8) is 0 Å². The number of aromatic nitrogens is 2. The van der Waals surface area contributed by atoms with Crippen LogP contribution in [0.25, 0.3) is 10.2 Å². The predicted molar refractivity (Wildman–Crippen MR) is 137 cm³/mol. The molecule has 0 aliphatic carbocycles. The summed E-state index contributed by atoms with van der Waals surface area (Å²) in [6, 6.07) is 10.4. The Labute approximate surface area is 198 Å². The van der Waals surface area contributed by atoms with Gasteiger partial charge in [-0.05, 0) is 37.7 Å². The van der Waals surface area contributed by atoms with Crippen LogP contribution in [0.15, 0.2) is 48.8 Å². The van der Waals surface area contributed by atoms with Gasteiger partial charge in [0.1, 0.15) is 22.0 Å². The Balaban J connectivity index is 1.58. The molecule has 0 saturated heterocycles. The minimum absolute atomic E-state index is 0.0179. The molecule has 6 nitrogen and oxygen atoms in total. The smallest absolute Gasteiger partial charge is 0.139 e. The molecule has 3 heterocycles. The minimum atomic E-state index is 0.0179. The number of thiocarbonyl (C=S) groups is 1. The Morgan fingerprint density at radius 2 is 2.12 bits per heavy atom. The molecule has 3 aromatic rings. The highest BCUT2D eigenvalue weighted by Crippen LogP contribution is 2.38. The van der Waals surface area contributed by atoms with E-state index in [0.29, 0.717) is 6.61 Å². The Bertz CT molecular complexity index is 1100. The lowest BCUT2D eigenvalue weighted by atomic mass is 10.0. The maximum absolute atomic E-state index is 5.67. The van der Waals surface area contributed by atoms with Crippen molar-refractivity contribution in [2.45, 2.75) is 19.0 Å². The summed E-state index contributed by atoms with van der Waals surface area (Å²) < 4.78 is 5.49. The molecule has 4 rings (SSSR count). The van der Waals surface area contributed by atoms with Gasteiger partial charge in [0.15, 0.2) is 0 Å². The van der Waals surface area contributed by atoms with E-state index in [0.717, 1.165) is 47.1 Å². The van der Waals surface area contributed by atoms with Gasteiger partial charge in [0.2, 0.25) is 0 Å². The number of ether oxygens (including phenoxy) is 1. The maximum atomic E-state index is 5.67. The van der Waals surface area contributed by atoms with E-state index in [1.165, 1.54) is 16.0 Å². The summed E-state index contributed by atoms with van der Waals surface area (Å²) >= 11 is 7.42. The van der Waals surface area contributed by atoms with E-state index in [4.69, 9.17) is 17.0 Å². The highest BCUT2D eigenvalue weighted by molar-refractivity contribution is 7.80. The average Bonchev–Trinajstić information content (AvgIpc) is 3.17. The third-order valence-electron chi connectivity index (χ3n) is 5.53. The maximum Gasteiger partial charge on any atom is 0.139 e. The second-order valence-electron chi connectivity index (χ2n) is 8.14. The van der Waals surface area contributed by atoms with E-state index in [-0.39, 0.29) is 6.04 Å². The zero-order valence-electron chi connectivity index (χ0n) is 18.7. The van der Waals surface area contributed by atoms with Crippen molar-refractivity contribution in [3.8, 4) is 0 Å². The topological polar surface area (TPSA) is 53.5 Å². The molecule has 1 aliphatic rings. The molecule has 0 spiro atoms. The lowest BCUT2D eigenvalue weighted by molar-refractivity contribution is 0.186. The Hall–Kier alpha value is -2.39. The second kappa shape index (κ2) is 10.5. The molecule has 8 heteroatoms. The largest absolute Gasteiger partial charge is 0.382 e. The highest BCUT2D eigenvalue weighted by atomic mass is 32.1. The van der Waals surface area contributed by atoms with E-state index in [1.54, 1.807) is 24.8 Å². The minimum Gasteiger partial charge on any atom is -0.382 e. The molecule has 0 fully saturated rings. The van der Waals surface area contributed by atoms with Gasteiger partial charge in [-0.25, -0.2) is 9.97 Å². The van der Waals surface area contributed by atoms with E-state index in [9.17, 15) is 0 Å². The van der Waals surface area contributed by atoms with Gasteiger partial charge in [0.25, 0.3) is 0 Å². The molecule has 1 aliphatic heterocycles. The SMILES string of the molecule is COC[C@@H](Nc1ncnc2sc3c(c12)CCN(C(=S)/C=C/CN(C)C)C3)c1ccccc1. The molecule has 0 bridgehead atoms. The number of methoxy groups -OCH3 is 1. The lowest BCUT2D eigenvalue weighted by Gasteiger charge is -2.28. The summed E-state index contributed by atoms with van der Waals surface area (Å²) in [7, 11) is 5.84. The molecule has 1 aromatic carbocycles. The van der Waals surface area contributed by atoms with Gasteiger partial charge in [-0.3, -0.25) is 0 Å². The Morgan fingerprint density at radius 1 is 1.31 bits per heavy atom. The second-order valence-corrected chi connectivity index (χ2v) is 9.65. The third kappa shape index (κ3) is 5.15. The number of benzene rings is 1. The van der Waals surface area contributed by atoms with Gasteiger partial charge in [0.05, 0.1) is 24.6 Å². The van der Waals surface area contributed by atoms with Gasteiger partial charge < -0.3 is 19.9 Å². The summed E-state index contributed by atoms with van der Waals surface area (Å²) in [5.41, 5.74) is 2.51. The molecule has 0 unspecified atom stereocenters. The van der Waals surface area contributed by atoms with Crippen LogP contribution in [0.3, 0.4) is 0 Å². The number of hydrogen-bond donors (Lipinski definition) is 1. The molecule has 0 amide bonds. The first kappa shape index (κ1) is 22.8. The molecular weight excluding hydrogens is 438 g/mol. The number of fused-ring (bicyclic) bond motifs is 3. The zero-order valence-corrected chi connectivity index (χ0v) is 20.4. The first-order valence-electron chi connectivity index (χ1n) is 10.7. The average molecular weight is 468 g/mol. The summed E-state index contributed by atoms with van der Waals surface area (Å²) in [4.78, 5) is 16.8. The first-order chi connectivity index (χ1) is 15.6. The Morgan fingerprint density at radius 3 is 2.88 bits per heavy atom. The van der Waals surface area contributed by atoms with Crippen LogP contribution in [0.4, 0.5) is 5.82 Å². The van der Waals surface area contributed by atoms with Crippen molar-refractivity contribution in [2.75, 3.05) is 46.2 Å². The van der Waals surface area contributed by atoms with Crippen LogP contribution >= 0.6 is 23.6 Å². The van der Waals surface area contributed by atoms with Crippen molar-refractivity contribution in [3.05, 3.63) is 64.8 Å². The molecule has 32 heavy (non-hydrogen) atoms. The monoisotopic (exact) mass is 467 g/mol. The number of anilines is 1. The third-order valence-corrected chi connectivity index (χ3v) is 7.04. The first-order valence-corrected chi connectivity index (χ1v) is 11.9. The molecule has 168 valence electrons. The van der Waals surface area contributed by atoms with Gasteiger partial charge in [0, 0.05) is 25.1 Å². The van der Waals surface area contributed by atoms with Gasteiger partial charge in [-0.15, -0.1) is 11.3 Å². The number of hydrogen-bond acceptors (Lipinski definition) is 7. The van der Waals surface area contributed by atoms with Gasteiger partial charge >= 0.3 is 0 Å². The number of nitrogens with zero attached hydrogens (tertiary/aromatic N) is 4. The highest BCUT2D eigenvalue weighted by Gasteiger charge is 2.25. The van der Waals surface area contributed by atoms with Crippen molar-refractivity contribution in [2.24, 2.45) is 0 Å². The van der Waals surface area contributed by atoms with E-state index in [2.05, 4.69) is 63.5 Å². The van der Waals surface area contributed by atoms with E-state index in [1.807, 2.05) is 18.2 Å². The fourth-order valence-electron chi connectivity index (χ4n) is 3.93. The van der Waals surface area contributed by atoms with Gasteiger partial charge in [-0.2, -0.15) is 0 Å². The summed E-state index contributed by atoms with van der Waals surface area (Å²) in [5, 5.41) is 4.76. The molecule has 1 N–H and O–H groups in total.